The van der Waals surface area contributed by atoms with Gasteiger partial charge in [0.05, 0.1) is 0 Å². The Morgan fingerprint density at radius 2 is 1.83 bits per heavy atom. The second kappa shape index (κ2) is 4.29. The molecule has 0 unspecified atom stereocenters. The van der Waals surface area contributed by atoms with Crippen molar-refractivity contribution in [1.29, 1.82) is 0 Å². The zero-order chi connectivity index (χ0) is 8.97. The maximum absolute atomic E-state index is 10.4. The van der Waals surface area contributed by atoms with Gasteiger partial charge >= 0.3 is 0 Å². The van der Waals surface area contributed by atoms with Crippen LogP contribution in [-0.4, -0.2) is 6.29 Å². The third kappa shape index (κ3) is 2.10. The van der Waals surface area contributed by atoms with E-state index >= 15 is 0 Å². The lowest BCUT2D eigenvalue weighted by molar-refractivity contribution is -0.103. The summed E-state index contributed by atoms with van der Waals surface area (Å²) in [6.45, 7) is 0. The van der Waals surface area contributed by atoms with Gasteiger partial charge in [-0.2, -0.15) is 0 Å². The summed E-state index contributed by atoms with van der Waals surface area (Å²) in [5.41, 5.74) is 2.47. The van der Waals surface area contributed by atoms with Crippen LogP contribution in [0.2, 0.25) is 5.02 Å². The number of rotatable bonds is 2. The van der Waals surface area contributed by atoms with E-state index in [2.05, 4.69) is 0 Å². The van der Waals surface area contributed by atoms with Gasteiger partial charge in [0.15, 0.2) is 6.29 Å². The molecule has 0 aliphatic carbocycles. The van der Waals surface area contributed by atoms with E-state index in [0.29, 0.717) is 16.9 Å². The summed E-state index contributed by atoms with van der Waals surface area (Å²) >= 11 is 11.1. The minimum atomic E-state index is 0.452. The molecular formula is C9H6Cl2O. The van der Waals surface area contributed by atoms with Gasteiger partial charge in [-0.1, -0.05) is 35.3 Å². The molecule has 0 aliphatic rings. The Bertz CT molecular complexity index is 301. The SMILES string of the molecule is O=C/C(=C/Cl)c1ccc(Cl)cc1. The fourth-order valence-electron chi connectivity index (χ4n) is 0.799. The number of hydrogen-bond donors (Lipinski definition) is 0. The van der Waals surface area contributed by atoms with Crippen molar-refractivity contribution in [3.8, 4) is 0 Å². The molecule has 1 rings (SSSR count). The Hall–Kier alpha value is -0.790. The van der Waals surface area contributed by atoms with Crippen LogP contribution in [-0.2, 0) is 4.79 Å². The maximum Gasteiger partial charge on any atom is 0.151 e. The maximum atomic E-state index is 10.4. The van der Waals surface area contributed by atoms with Crippen molar-refractivity contribution in [3.63, 3.8) is 0 Å². The Kier molecular flexibility index (Phi) is 3.32. The Morgan fingerprint density at radius 3 is 2.25 bits per heavy atom. The van der Waals surface area contributed by atoms with Crippen molar-refractivity contribution in [3.05, 3.63) is 40.4 Å². The molecule has 0 amide bonds. The first kappa shape index (κ1) is 9.30. The van der Waals surface area contributed by atoms with E-state index < -0.39 is 0 Å². The topological polar surface area (TPSA) is 17.1 Å². The Balaban J connectivity index is 3.04. The summed E-state index contributed by atoms with van der Waals surface area (Å²) in [5, 5.41) is 0.638. The summed E-state index contributed by atoms with van der Waals surface area (Å²) in [5.74, 6) is 0. The van der Waals surface area contributed by atoms with E-state index in [0.717, 1.165) is 5.56 Å². The summed E-state index contributed by atoms with van der Waals surface area (Å²) in [7, 11) is 0. The van der Waals surface area contributed by atoms with Gasteiger partial charge in [0, 0.05) is 16.1 Å². The van der Waals surface area contributed by atoms with Gasteiger partial charge in [-0.3, -0.25) is 4.79 Å². The first-order chi connectivity index (χ1) is 5.77. The van der Waals surface area contributed by atoms with Gasteiger partial charge in [0.2, 0.25) is 0 Å². The molecule has 0 atom stereocenters. The van der Waals surface area contributed by atoms with Gasteiger partial charge < -0.3 is 0 Å². The lowest BCUT2D eigenvalue weighted by Crippen LogP contribution is -1.83. The van der Waals surface area contributed by atoms with Gasteiger partial charge in [0.1, 0.15) is 0 Å². The first-order valence-electron chi connectivity index (χ1n) is 3.29. The number of carbonyl (C=O) groups is 1. The average Bonchev–Trinajstić information content (AvgIpc) is 2.10. The molecule has 12 heavy (non-hydrogen) atoms. The molecule has 0 heterocycles. The third-order valence-corrected chi connectivity index (χ3v) is 1.91. The van der Waals surface area contributed by atoms with Gasteiger partial charge in [-0.15, -0.1) is 0 Å². The molecule has 0 saturated carbocycles. The minimum Gasteiger partial charge on any atom is -0.298 e. The average molecular weight is 201 g/mol. The molecule has 0 spiro atoms. The zero-order valence-electron chi connectivity index (χ0n) is 6.13. The van der Waals surface area contributed by atoms with Crippen molar-refractivity contribution in [2.45, 2.75) is 0 Å². The molecule has 3 heteroatoms. The molecule has 0 aliphatic heterocycles. The van der Waals surface area contributed by atoms with Crippen LogP contribution < -0.4 is 0 Å². The molecule has 0 bridgehead atoms. The smallest absolute Gasteiger partial charge is 0.151 e. The fraction of sp³-hybridized carbons (Fsp3) is 0. The van der Waals surface area contributed by atoms with E-state index in [9.17, 15) is 4.79 Å². The van der Waals surface area contributed by atoms with Gasteiger partial charge in [-0.25, -0.2) is 0 Å². The summed E-state index contributed by atoms with van der Waals surface area (Å²) in [4.78, 5) is 10.4. The number of allylic oxidation sites excluding steroid dienone is 1. The molecule has 1 aromatic rings. The number of aldehydes is 1. The first-order valence-corrected chi connectivity index (χ1v) is 4.11. The summed E-state index contributed by atoms with van der Waals surface area (Å²) in [6.07, 6.45) is 0.705. The van der Waals surface area contributed by atoms with Crippen molar-refractivity contribution in [2.24, 2.45) is 0 Å². The zero-order valence-corrected chi connectivity index (χ0v) is 7.64. The van der Waals surface area contributed by atoms with Crippen LogP contribution in [0.3, 0.4) is 0 Å². The van der Waals surface area contributed by atoms with Gasteiger partial charge in [0.25, 0.3) is 0 Å². The van der Waals surface area contributed by atoms with E-state index in [-0.39, 0.29) is 0 Å². The molecule has 1 nitrogen and oxygen atoms in total. The fourth-order valence-corrected chi connectivity index (χ4v) is 1.10. The quantitative estimate of drug-likeness (QED) is 0.530. The molecule has 0 fully saturated rings. The largest absolute Gasteiger partial charge is 0.298 e. The predicted molar refractivity (Wildman–Crippen MR) is 51.3 cm³/mol. The summed E-state index contributed by atoms with van der Waals surface area (Å²) < 4.78 is 0. The van der Waals surface area contributed by atoms with Gasteiger partial charge in [-0.05, 0) is 17.7 Å². The van der Waals surface area contributed by atoms with E-state index in [1.807, 2.05) is 0 Å². The highest BCUT2D eigenvalue weighted by atomic mass is 35.5. The second-order valence-electron chi connectivity index (χ2n) is 2.19. The van der Waals surface area contributed by atoms with E-state index in [1.165, 1.54) is 5.54 Å². The predicted octanol–water partition coefficient (Wildman–Crippen LogP) is 3.12. The normalized spacial score (nSPS) is 11.3. The van der Waals surface area contributed by atoms with Crippen molar-refractivity contribution in [1.82, 2.24) is 0 Å². The van der Waals surface area contributed by atoms with Crippen LogP contribution in [0, 0.1) is 0 Å². The second-order valence-corrected chi connectivity index (χ2v) is 2.84. The highest BCUT2D eigenvalue weighted by molar-refractivity contribution is 6.32. The molecule has 0 N–H and O–H groups in total. The molecular weight excluding hydrogens is 195 g/mol. The number of carbonyl (C=O) groups excluding carboxylic acids is 1. The standard InChI is InChI=1S/C9H6Cl2O/c10-5-8(6-12)7-1-3-9(11)4-2-7/h1-6H/b8-5-. The molecule has 62 valence electrons. The van der Waals surface area contributed by atoms with E-state index in [4.69, 9.17) is 23.2 Å². The lowest BCUT2D eigenvalue weighted by Gasteiger charge is -1.97. The highest BCUT2D eigenvalue weighted by Gasteiger charge is 1.97. The number of hydrogen-bond acceptors (Lipinski definition) is 1. The van der Waals surface area contributed by atoms with Crippen LogP contribution in [0.5, 0.6) is 0 Å². The van der Waals surface area contributed by atoms with Crippen molar-refractivity contribution >= 4 is 35.1 Å². The molecule has 0 radical (unpaired) electrons. The van der Waals surface area contributed by atoms with Crippen molar-refractivity contribution < 1.29 is 4.79 Å². The van der Waals surface area contributed by atoms with Crippen LogP contribution in [0.25, 0.3) is 5.57 Å². The van der Waals surface area contributed by atoms with Crippen LogP contribution in [0.15, 0.2) is 29.8 Å². The Labute approximate surface area is 80.6 Å². The molecule has 0 saturated heterocycles. The van der Waals surface area contributed by atoms with Crippen molar-refractivity contribution in [2.75, 3.05) is 0 Å². The number of benzene rings is 1. The lowest BCUT2D eigenvalue weighted by atomic mass is 10.1. The van der Waals surface area contributed by atoms with Crippen LogP contribution in [0.4, 0.5) is 0 Å². The van der Waals surface area contributed by atoms with Crippen LogP contribution in [0.1, 0.15) is 5.56 Å². The number of halogens is 2. The molecule has 0 aromatic heterocycles. The monoisotopic (exact) mass is 200 g/mol. The highest BCUT2D eigenvalue weighted by Crippen LogP contribution is 2.16. The van der Waals surface area contributed by atoms with E-state index in [1.54, 1.807) is 24.3 Å². The minimum absolute atomic E-state index is 0.452. The molecule has 1 aromatic carbocycles. The van der Waals surface area contributed by atoms with Crippen LogP contribution >= 0.6 is 23.2 Å². The summed E-state index contributed by atoms with van der Waals surface area (Å²) in [6, 6.07) is 6.90. The third-order valence-electron chi connectivity index (χ3n) is 1.42. The Morgan fingerprint density at radius 1 is 1.25 bits per heavy atom.